The minimum absolute atomic E-state index is 0.0405. The van der Waals surface area contributed by atoms with Crippen molar-refractivity contribution in [3.8, 4) is 0 Å². The molecule has 0 aromatic heterocycles. The smallest absolute Gasteiger partial charge is 0.318 e. The Balaban J connectivity index is 1.61. The highest BCUT2D eigenvalue weighted by molar-refractivity contribution is 7.98. The molecule has 0 radical (unpaired) electrons. The predicted octanol–water partition coefficient (Wildman–Crippen LogP) is 3.21. The lowest BCUT2D eigenvalue weighted by Crippen LogP contribution is -2.51. The number of likely N-dealkylation sites (N-methyl/N-ethyl adjacent to an activating group) is 1. The number of carbonyl (C=O) groups excluding carboxylic acids is 1. The molecule has 126 valence electrons. The van der Waals surface area contributed by atoms with Gasteiger partial charge in [-0.3, -0.25) is 0 Å². The van der Waals surface area contributed by atoms with E-state index >= 15 is 0 Å². The third-order valence-corrected chi connectivity index (χ3v) is 6.03. The number of rotatable bonds is 3. The normalized spacial score (nSPS) is 26.0. The predicted molar refractivity (Wildman–Crippen MR) is 95.9 cm³/mol. The van der Waals surface area contributed by atoms with E-state index in [9.17, 15) is 4.79 Å². The van der Waals surface area contributed by atoms with Crippen LogP contribution in [0.3, 0.4) is 0 Å². The number of piperidine rings is 1. The third kappa shape index (κ3) is 3.66. The molecule has 3 rings (SSSR count). The Bertz CT molecular complexity index is 548. The highest BCUT2D eigenvalue weighted by Crippen LogP contribution is 2.31. The number of urea groups is 1. The molecule has 0 saturated carbocycles. The highest BCUT2D eigenvalue weighted by atomic mass is 32.2. The second-order valence-corrected chi connectivity index (χ2v) is 7.68. The molecule has 2 heterocycles. The molecule has 2 aliphatic heterocycles. The molecule has 3 atom stereocenters. The van der Waals surface area contributed by atoms with E-state index in [1.54, 1.807) is 11.8 Å². The molecule has 0 unspecified atom stereocenters. The van der Waals surface area contributed by atoms with Gasteiger partial charge in [-0.15, -0.1) is 11.8 Å². The minimum Gasteiger partial charge on any atom is -0.331 e. The van der Waals surface area contributed by atoms with Crippen LogP contribution in [0.2, 0.25) is 0 Å². The van der Waals surface area contributed by atoms with E-state index in [0.29, 0.717) is 12.0 Å². The van der Waals surface area contributed by atoms with Gasteiger partial charge < -0.3 is 15.1 Å². The fraction of sp³-hybridized carbons (Fsp3) is 0.611. The first-order chi connectivity index (χ1) is 11.1. The van der Waals surface area contributed by atoms with Crippen molar-refractivity contribution >= 4 is 17.8 Å². The van der Waals surface area contributed by atoms with E-state index < -0.39 is 0 Å². The fourth-order valence-electron chi connectivity index (χ4n) is 3.79. The van der Waals surface area contributed by atoms with Crippen LogP contribution in [-0.2, 0) is 0 Å². The third-order valence-electron chi connectivity index (χ3n) is 5.28. The summed E-state index contributed by atoms with van der Waals surface area (Å²) in [5.74, 6) is 0.688. The molecule has 2 aliphatic rings. The Kier molecular flexibility index (Phi) is 5.17. The van der Waals surface area contributed by atoms with Crippen LogP contribution in [0, 0.1) is 5.92 Å². The van der Waals surface area contributed by atoms with Gasteiger partial charge in [0, 0.05) is 24.0 Å². The lowest BCUT2D eigenvalue weighted by Gasteiger charge is -2.37. The molecule has 5 heteroatoms. The standard InChI is InChI=1S/C18H27N3OS/c1-13(14-4-6-16(23-3)7-5-14)19-18(22)21-11-9-15-8-10-20(2)12-17(15)21/h4-7,13,15,17H,8-12H2,1-3H3,(H,19,22)/t13-,15-,17+/m1/s1. The topological polar surface area (TPSA) is 35.6 Å². The van der Waals surface area contributed by atoms with Crippen molar-refractivity contribution in [1.29, 1.82) is 0 Å². The van der Waals surface area contributed by atoms with Crippen LogP contribution in [0.4, 0.5) is 4.79 Å². The maximum atomic E-state index is 12.7. The summed E-state index contributed by atoms with van der Waals surface area (Å²) in [7, 11) is 2.15. The SMILES string of the molecule is CSc1ccc([C@@H](C)NC(=O)N2CC[C@H]3CCN(C)C[C@@H]32)cc1. The number of nitrogens with zero attached hydrogens (tertiary/aromatic N) is 2. The van der Waals surface area contributed by atoms with Crippen LogP contribution < -0.4 is 5.32 Å². The van der Waals surface area contributed by atoms with Gasteiger partial charge in [-0.1, -0.05) is 12.1 Å². The van der Waals surface area contributed by atoms with Crippen molar-refractivity contribution in [1.82, 2.24) is 15.1 Å². The van der Waals surface area contributed by atoms with Crippen LogP contribution in [0.5, 0.6) is 0 Å². The number of hydrogen-bond acceptors (Lipinski definition) is 3. The molecule has 2 amide bonds. The maximum Gasteiger partial charge on any atom is 0.318 e. The number of nitrogens with one attached hydrogen (secondary N) is 1. The number of hydrogen-bond donors (Lipinski definition) is 1. The zero-order valence-electron chi connectivity index (χ0n) is 14.3. The van der Waals surface area contributed by atoms with Crippen molar-refractivity contribution in [3.05, 3.63) is 29.8 Å². The monoisotopic (exact) mass is 333 g/mol. The molecule has 0 spiro atoms. The van der Waals surface area contributed by atoms with Crippen LogP contribution in [0.1, 0.15) is 31.4 Å². The van der Waals surface area contributed by atoms with E-state index in [2.05, 4.69) is 59.6 Å². The van der Waals surface area contributed by atoms with Gasteiger partial charge in [0.2, 0.25) is 0 Å². The largest absolute Gasteiger partial charge is 0.331 e. The summed E-state index contributed by atoms with van der Waals surface area (Å²) in [6.07, 6.45) is 4.45. The Labute approximate surface area is 143 Å². The first kappa shape index (κ1) is 16.7. The number of fused-ring (bicyclic) bond motifs is 1. The molecule has 0 aliphatic carbocycles. The molecule has 23 heavy (non-hydrogen) atoms. The summed E-state index contributed by atoms with van der Waals surface area (Å²) in [5, 5.41) is 3.19. The zero-order chi connectivity index (χ0) is 16.4. The molecule has 2 fully saturated rings. The lowest BCUT2D eigenvalue weighted by molar-refractivity contribution is 0.129. The van der Waals surface area contributed by atoms with Gasteiger partial charge in [0.25, 0.3) is 0 Å². The number of carbonyl (C=O) groups is 1. The fourth-order valence-corrected chi connectivity index (χ4v) is 4.20. The van der Waals surface area contributed by atoms with Crippen molar-refractivity contribution in [3.63, 3.8) is 0 Å². The molecule has 4 nitrogen and oxygen atoms in total. The van der Waals surface area contributed by atoms with Gasteiger partial charge in [-0.2, -0.15) is 0 Å². The van der Waals surface area contributed by atoms with Crippen molar-refractivity contribution in [2.75, 3.05) is 32.9 Å². The Hall–Kier alpha value is -1.20. The molecule has 0 bridgehead atoms. The second kappa shape index (κ2) is 7.14. The number of thioether (sulfide) groups is 1. The van der Waals surface area contributed by atoms with Gasteiger partial charge in [0.15, 0.2) is 0 Å². The van der Waals surface area contributed by atoms with Crippen LogP contribution in [0.25, 0.3) is 0 Å². The number of benzene rings is 1. The van der Waals surface area contributed by atoms with Gasteiger partial charge in [-0.05, 0) is 63.2 Å². The van der Waals surface area contributed by atoms with Gasteiger partial charge in [0.05, 0.1) is 6.04 Å². The summed E-state index contributed by atoms with van der Waals surface area (Å²) in [4.78, 5) is 18.4. The van der Waals surface area contributed by atoms with E-state index in [1.807, 2.05) is 0 Å². The minimum atomic E-state index is 0.0405. The van der Waals surface area contributed by atoms with Gasteiger partial charge in [0.1, 0.15) is 0 Å². The molecule has 1 aromatic carbocycles. The summed E-state index contributed by atoms with van der Waals surface area (Å²) in [6, 6.07) is 8.97. The average Bonchev–Trinajstić information content (AvgIpc) is 2.98. The first-order valence-corrected chi connectivity index (χ1v) is 9.70. The quantitative estimate of drug-likeness (QED) is 0.863. The van der Waals surface area contributed by atoms with E-state index in [0.717, 1.165) is 31.6 Å². The lowest BCUT2D eigenvalue weighted by atomic mass is 9.92. The van der Waals surface area contributed by atoms with Crippen LogP contribution in [0.15, 0.2) is 29.2 Å². The summed E-state index contributed by atoms with van der Waals surface area (Å²) >= 11 is 1.74. The van der Waals surface area contributed by atoms with Crippen molar-refractivity contribution in [2.24, 2.45) is 5.92 Å². The zero-order valence-corrected chi connectivity index (χ0v) is 15.1. The molecular formula is C18H27N3OS. The van der Waals surface area contributed by atoms with E-state index in [4.69, 9.17) is 0 Å². The molecular weight excluding hydrogens is 306 g/mol. The van der Waals surface area contributed by atoms with Crippen LogP contribution in [-0.4, -0.2) is 54.8 Å². The highest BCUT2D eigenvalue weighted by Gasteiger charge is 2.39. The Morgan fingerprint density at radius 3 is 2.65 bits per heavy atom. The molecule has 2 saturated heterocycles. The van der Waals surface area contributed by atoms with E-state index in [-0.39, 0.29) is 12.1 Å². The molecule has 1 N–H and O–H groups in total. The van der Waals surface area contributed by atoms with Crippen molar-refractivity contribution in [2.45, 2.75) is 36.7 Å². The number of likely N-dealkylation sites (tertiary alicyclic amines) is 2. The number of amides is 2. The van der Waals surface area contributed by atoms with Crippen molar-refractivity contribution < 1.29 is 4.79 Å². The summed E-state index contributed by atoms with van der Waals surface area (Å²) in [5.41, 5.74) is 1.16. The van der Waals surface area contributed by atoms with Gasteiger partial charge in [-0.25, -0.2) is 4.79 Å². The molecule has 1 aromatic rings. The Morgan fingerprint density at radius 1 is 1.26 bits per heavy atom. The van der Waals surface area contributed by atoms with Gasteiger partial charge >= 0.3 is 6.03 Å². The summed E-state index contributed by atoms with van der Waals surface area (Å²) in [6.45, 7) is 5.13. The Morgan fingerprint density at radius 2 is 1.96 bits per heavy atom. The maximum absolute atomic E-state index is 12.7. The van der Waals surface area contributed by atoms with E-state index in [1.165, 1.54) is 11.3 Å². The van der Waals surface area contributed by atoms with Crippen LogP contribution >= 0.6 is 11.8 Å². The average molecular weight is 334 g/mol. The first-order valence-electron chi connectivity index (χ1n) is 8.48. The summed E-state index contributed by atoms with van der Waals surface area (Å²) < 4.78 is 0. The second-order valence-electron chi connectivity index (χ2n) is 6.80.